The lowest BCUT2D eigenvalue weighted by atomic mass is 9.98. The van der Waals surface area contributed by atoms with Crippen LogP contribution in [0.4, 0.5) is 4.79 Å². The molecule has 0 radical (unpaired) electrons. The van der Waals surface area contributed by atoms with Crippen LogP contribution >= 0.6 is 11.6 Å². The lowest BCUT2D eigenvalue weighted by Crippen LogP contribution is -2.43. The number of carboxylic acids is 1. The Morgan fingerprint density at radius 2 is 1.52 bits per heavy atom. The van der Waals surface area contributed by atoms with Crippen molar-refractivity contribution in [2.75, 3.05) is 6.61 Å². The van der Waals surface area contributed by atoms with Crippen molar-refractivity contribution in [1.29, 1.82) is 0 Å². The molecule has 3 aromatic carbocycles. The maximum absolute atomic E-state index is 13.0. The highest BCUT2D eigenvalue weighted by Gasteiger charge is 2.31. The summed E-state index contributed by atoms with van der Waals surface area (Å²) in [5, 5.41) is 10.1. The fourth-order valence-corrected chi connectivity index (χ4v) is 4.08. The van der Waals surface area contributed by atoms with Crippen molar-refractivity contribution in [3.05, 3.63) is 94.5 Å². The van der Waals surface area contributed by atoms with Gasteiger partial charge in [-0.25, -0.2) is 9.59 Å². The summed E-state index contributed by atoms with van der Waals surface area (Å²) in [4.78, 5) is 25.8. The first-order valence-corrected chi connectivity index (χ1v) is 10.4. The number of nitrogens with zero attached hydrogens (tertiary/aromatic N) is 1. The van der Waals surface area contributed by atoms with E-state index >= 15 is 0 Å². The molecule has 0 saturated heterocycles. The average Bonchev–Trinajstić information content (AvgIpc) is 3.10. The molecule has 5 nitrogen and oxygen atoms in total. The summed E-state index contributed by atoms with van der Waals surface area (Å²) < 4.78 is 5.67. The van der Waals surface area contributed by atoms with E-state index in [4.69, 9.17) is 16.3 Å². The van der Waals surface area contributed by atoms with Crippen LogP contribution in [0.5, 0.6) is 0 Å². The van der Waals surface area contributed by atoms with Crippen molar-refractivity contribution in [2.45, 2.75) is 25.4 Å². The van der Waals surface area contributed by atoms with E-state index < -0.39 is 18.1 Å². The van der Waals surface area contributed by atoms with Gasteiger partial charge >= 0.3 is 12.1 Å². The largest absolute Gasteiger partial charge is 0.480 e. The molecule has 3 aromatic rings. The van der Waals surface area contributed by atoms with Crippen LogP contribution < -0.4 is 0 Å². The fraction of sp³-hybridized carbons (Fsp3) is 0.200. The molecule has 1 N–H and O–H groups in total. The number of rotatable bonds is 6. The molecule has 158 valence electrons. The van der Waals surface area contributed by atoms with Gasteiger partial charge in [0.05, 0.1) is 0 Å². The third kappa shape index (κ3) is 4.28. The topological polar surface area (TPSA) is 66.8 Å². The van der Waals surface area contributed by atoms with Gasteiger partial charge in [-0.2, -0.15) is 0 Å². The Labute approximate surface area is 185 Å². The third-order valence-electron chi connectivity index (χ3n) is 5.66. The van der Waals surface area contributed by atoms with Crippen molar-refractivity contribution in [3.8, 4) is 11.1 Å². The molecule has 31 heavy (non-hydrogen) atoms. The van der Waals surface area contributed by atoms with Gasteiger partial charge in [-0.1, -0.05) is 72.3 Å². The highest BCUT2D eigenvalue weighted by atomic mass is 35.5. The first-order chi connectivity index (χ1) is 15.0. The summed E-state index contributed by atoms with van der Waals surface area (Å²) in [5.41, 5.74) is 5.25. The van der Waals surface area contributed by atoms with Crippen molar-refractivity contribution < 1.29 is 19.4 Å². The maximum atomic E-state index is 13.0. The number of carboxylic acid groups (broad SMARTS) is 1. The molecule has 0 unspecified atom stereocenters. The highest BCUT2D eigenvalue weighted by molar-refractivity contribution is 6.30. The predicted molar refractivity (Wildman–Crippen MR) is 119 cm³/mol. The lowest BCUT2D eigenvalue weighted by molar-refractivity contribution is -0.142. The maximum Gasteiger partial charge on any atom is 0.410 e. The normalized spacial score (nSPS) is 13.2. The zero-order valence-electron chi connectivity index (χ0n) is 17.0. The molecule has 0 bridgehead atoms. The molecule has 0 aliphatic heterocycles. The molecule has 0 fully saturated rings. The zero-order valence-corrected chi connectivity index (χ0v) is 17.8. The Morgan fingerprint density at radius 3 is 2.06 bits per heavy atom. The number of benzene rings is 3. The quantitative estimate of drug-likeness (QED) is 0.550. The van der Waals surface area contributed by atoms with Crippen LogP contribution in [-0.2, 0) is 16.1 Å². The number of carbonyl (C=O) groups excluding carboxylic acids is 1. The van der Waals surface area contributed by atoms with Crippen LogP contribution in [0.3, 0.4) is 0 Å². The van der Waals surface area contributed by atoms with Crippen molar-refractivity contribution in [1.82, 2.24) is 4.90 Å². The van der Waals surface area contributed by atoms with Crippen LogP contribution in [0.15, 0.2) is 72.8 Å². The van der Waals surface area contributed by atoms with Crippen LogP contribution in [0.2, 0.25) is 5.02 Å². The van der Waals surface area contributed by atoms with Gasteiger partial charge in [0.1, 0.15) is 12.6 Å². The van der Waals surface area contributed by atoms with Crippen molar-refractivity contribution in [3.63, 3.8) is 0 Å². The second kappa shape index (κ2) is 8.82. The highest BCUT2D eigenvalue weighted by Crippen LogP contribution is 2.44. The van der Waals surface area contributed by atoms with Gasteiger partial charge in [0.15, 0.2) is 0 Å². The molecule has 0 spiro atoms. The first-order valence-electron chi connectivity index (χ1n) is 10.0. The van der Waals surface area contributed by atoms with E-state index in [1.54, 1.807) is 24.3 Å². The monoisotopic (exact) mass is 435 g/mol. The number of ether oxygens (including phenoxy) is 1. The van der Waals surface area contributed by atoms with Crippen LogP contribution in [0.1, 0.15) is 29.5 Å². The smallest absolute Gasteiger partial charge is 0.410 e. The molecule has 1 aliphatic carbocycles. The Morgan fingerprint density at radius 1 is 0.968 bits per heavy atom. The van der Waals surface area contributed by atoms with E-state index in [1.807, 2.05) is 36.4 Å². The zero-order chi connectivity index (χ0) is 22.0. The van der Waals surface area contributed by atoms with Crippen molar-refractivity contribution >= 4 is 23.7 Å². The minimum atomic E-state index is -1.09. The van der Waals surface area contributed by atoms with Crippen molar-refractivity contribution in [2.24, 2.45) is 0 Å². The van der Waals surface area contributed by atoms with Crippen LogP contribution in [0.25, 0.3) is 11.1 Å². The molecule has 0 aromatic heterocycles. The SMILES string of the molecule is C[C@@H](C(=O)O)N(Cc1ccc(Cl)cc1)C(=O)OCC1c2ccccc2-c2ccccc21. The molecule has 0 saturated carbocycles. The molecule has 0 heterocycles. The third-order valence-corrected chi connectivity index (χ3v) is 5.91. The second-order valence-electron chi connectivity index (χ2n) is 7.57. The molecule has 1 aliphatic rings. The summed E-state index contributed by atoms with van der Waals surface area (Å²) >= 11 is 5.93. The van der Waals surface area contributed by atoms with Crippen LogP contribution in [0, 0.1) is 0 Å². The van der Waals surface area contributed by atoms with E-state index in [0.717, 1.165) is 27.8 Å². The number of halogens is 1. The summed E-state index contributed by atoms with van der Waals surface area (Å²) in [6.07, 6.45) is -0.660. The Bertz CT molecular complexity index is 1070. The molecule has 4 rings (SSSR count). The predicted octanol–water partition coefficient (Wildman–Crippen LogP) is 5.56. The van der Waals surface area contributed by atoms with E-state index in [-0.39, 0.29) is 19.1 Å². The van der Waals surface area contributed by atoms with Gasteiger partial charge in [-0.3, -0.25) is 4.90 Å². The van der Waals surface area contributed by atoms with E-state index in [1.165, 1.54) is 11.8 Å². The van der Waals surface area contributed by atoms with E-state index in [2.05, 4.69) is 12.1 Å². The number of aliphatic carboxylic acids is 1. The molecule has 6 heteroatoms. The molecular formula is C25H22ClNO4. The fourth-order valence-electron chi connectivity index (χ4n) is 3.96. The summed E-state index contributed by atoms with van der Waals surface area (Å²) in [6.45, 7) is 1.72. The van der Waals surface area contributed by atoms with Gasteiger partial charge in [0, 0.05) is 17.5 Å². The van der Waals surface area contributed by atoms with Gasteiger partial charge in [0.25, 0.3) is 0 Å². The van der Waals surface area contributed by atoms with Gasteiger partial charge < -0.3 is 9.84 Å². The summed E-state index contributed by atoms with van der Waals surface area (Å²) in [6, 6.07) is 22.0. The molecule has 1 atom stereocenters. The van der Waals surface area contributed by atoms with E-state index in [9.17, 15) is 14.7 Å². The number of hydrogen-bond acceptors (Lipinski definition) is 3. The molecular weight excluding hydrogens is 414 g/mol. The Hall–Kier alpha value is -3.31. The number of carbonyl (C=O) groups is 2. The lowest BCUT2D eigenvalue weighted by Gasteiger charge is -2.27. The number of fused-ring (bicyclic) bond motifs is 3. The summed E-state index contributed by atoms with van der Waals surface area (Å²) in [5.74, 6) is -1.18. The number of hydrogen-bond donors (Lipinski definition) is 1. The standard InChI is InChI=1S/C25H22ClNO4/c1-16(24(28)29)27(14-17-10-12-18(26)13-11-17)25(30)31-15-23-21-8-4-2-6-19(21)20-7-3-5-9-22(20)23/h2-13,16,23H,14-15H2,1H3,(H,28,29)/t16-/m0/s1. The minimum Gasteiger partial charge on any atom is -0.480 e. The van der Waals surface area contributed by atoms with Gasteiger partial charge in [0.2, 0.25) is 0 Å². The Kier molecular flexibility index (Phi) is 5.96. The molecule has 1 amide bonds. The Balaban J connectivity index is 1.54. The number of amides is 1. The van der Waals surface area contributed by atoms with Gasteiger partial charge in [-0.05, 0) is 46.9 Å². The minimum absolute atomic E-state index is 0.0890. The van der Waals surface area contributed by atoms with E-state index in [0.29, 0.717) is 5.02 Å². The average molecular weight is 436 g/mol. The first kappa shape index (κ1) is 20.9. The second-order valence-corrected chi connectivity index (χ2v) is 8.01. The van der Waals surface area contributed by atoms with Crippen LogP contribution in [-0.4, -0.2) is 34.7 Å². The summed E-state index contributed by atoms with van der Waals surface area (Å²) in [7, 11) is 0. The van der Waals surface area contributed by atoms with Gasteiger partial charge in [-0.15, -0.1) is 0 Å².